The molecule has 5 heteroatoms. The number of benzene rings is 2. The summed E-state index contributed by atoms with van der Waals surface area (Å²) in [5, 5.41) is 9.39. The maximum atomic E-state index is 10.9. The van der Waals surface area contributed by atoms with Gasteiger partial charge in [0, 0.05) is 0 Å². The molecule has 4 nitrogen and oxygen atoms in total. The minimum Gasteiger partial charge on any atom is -0.508 e. The van der Waals surface area contributed by atoms with Crippen LogP contribution in [0.25, 0.3) is 0 Å². The first kappa shape index (κ1) is 18.5. The largest absolute Gasteiger partial charge is 0.508 e. The molecule has 0 bridgehead atoms. The third-order valence-electron chi connectivity index (χ3n) is 4.39. The minimum absolute atomic E-state index is 0.271. The molecule has 0 aliphatic carbocycles. The van der Waals surface area contributed by atoms with Crippen LogP contribution in [-0.2, 0) is 15.9 Å². The molecule has 0 heterocycles. The Hall–Kier alpha value is -1.85. The summed E-state index contributed by atoms with van der Waals surface area (Å²) in [6.07, 6.45) is 1.96. The Labute approximate surface area is 143 Å². The zero-order valence-corrected chi connectivity index (χ0v) is 14.8. The van der Waals surface area contributed by atoms with E-state index in [1.165, 1.54) is 11.1 Å². The molecule has 0 aliphatic heterocycles. The van der Waals surface area contributed by atoms with E-state index in [4.69, 9.17) is 4.55 Å². The van der Waals surface area contributed by atoms with Crippen LogP contribution < -0.4 is 0 Å². The number of phenols is 1. The van der Waals surface area contributed by atoms with Crippen molar-refractivity contribution in [3.05, 3.63) is 65.2 Å². The van der Waals surface area contributed by atoms with Gasteiger partial charge in [-0.2, -0.15) is 8.42 Å². The lowest BCUT2D eigenvalue weighted by Crippen LogP contribution is -2.05. The van der Waals surface area contributed by atoms with Crippen molar-refractivity contribution < 1.29 is 18.1 Å². The Kier molecular flexibility index (Phi) is 6.02. The van der Waals surface area contributed by atoms with Gasteiger partial charge in [0.25, 0.3) is 10.1 Å². The van der Waals surface area contributed by atoms with E-state index in [2.05, 4.69) is 13.8 Å². The van der Waals surface area contributed by atoms with E-state index in [1.54, 1.807) is 24.3 Å². The molecular formula is C19H24O4S. The van der Waals surface area contributed by atoms with Gasteiger partial charge in [-0.05, 0) is 53.5 Å². The highest BCUT2D eigenvalue weighted by atomic mass is 32.2. The summed E-state index contributed by atoms with van der Waals surface area (Å²) in [6, 6.07) is 14.7. The summed E-state index contributed by atoms with van der Waals surface area (Å²) in [4.78, 5) is 0. The minimum atomic E-state index is -3.99. The van der Waals surface area contributed by atoms with Gasteiger partial charge in [-0.15, -0.1) is 0 Å². The lowest BCUT2D eigenvalue weighted by Gasteiger charge is -2.21. The monoisotopic (exact) mass is 348 g/mol. The van der Waals surface area contributed by atoms with Gasteiger partial charge in [-0.3, -0.25) is 4.55 Å². The van der Waals surface area contributed by atoms with Crippen molar-refractivity contribution >= 4 is 10.1 Å². The quantitative estimate of drug-likeness (QED) is 0.724. The van der Waals surface area contributed by atoms with Crippen molar-refractivity contribution in [2.24, 2.45) is 0 Å². The molecule has 2 rings (SSSR count). The second-order valence-electron chi connectivity index (χ2n) is 6.30. The fourth-order valence-corrected chi connectivity index (χ4v) is 3.61. The third-order valence-corrected chi connectivity index (χ3v) is 5.09. The fourth-order valence-electron chi connectivity index (χ4n) is 3.00. The van der Waals surface area contributed by atoms with Gasteiger partial charge in [0.2, 0.25) is 0 Å². The topological polar surface area (TPSA) is 74.6 Å². The van der Waals surface area contributed by atoms with Crippen LogP contribution in [0.1, 0.15) is 55.2 Å². The zero-order valence-electron chi connectivity index (χ0n) is 14.0. The molecule has 0 fully saturated rings. The molecule has 2 N–H and O–H groups in total. The summed E-state index contributed by atoms with van der Waals surface area (Å²) in [5.41, 5.74) is 2.94. The Morgan fingerprint density at radius 2 is 1.50 bits per heavy atom. The summed E-state index contributed by atoms with van der Waals surface area (Å²) in [5.74, 6) is 0.641. The van der Waals surface area contributed by atoms with Crippen molar-refractivity contribution in [2.45, 2.75) is 44.3 Å². The summed E-state index contributed by atoms with van der Waals surface area (Å²) in [7, 11) is -3.99. The van der Waals surface area contributed by atoms with Crippen LogP contribution in [0.3, 0.4) is 0 Å². The number of aromatic hydroxyl groups is 1. The second kappa shape index (κ2) is 7.81. The highest BCUT2D eigenvalue weighted by Gasteiger charge is 2.16. The van der Waals surface area contributed by atoms with Crippen molar-refractivity contribution in [3.63, 3.8) is 0 Å². The van der Waals surface area contributed by atoms with Gasteiger partial charge < -0.3 is 5.11 Å². The van der Waals surface area contributed by atoms with E-state index < -0.39 is 10.1 Å². The van der Waals surface area contributed by atoms with Gasteiger partial charge in [0.05, 0.1) is 0 Å². The normalized spacial score (nSPS) is 14.3. The molecule has 2 aromatic rings. The Morgan fingerprint density at radius 3 is 2.00 bits per heavy atom. The molecule has 0 amide bonds. The number of rotatable bonds is 7. The molecular weight excluding hydrogens is 324 g/mol. The van der Waals surface area contributed by atoms with Crippen molar-refractivity contribution in [1.29, 1.82) is 0 Å². The van der Waals surface area contributed by atoms with Crippen LogP contribution in [0.5, 0.6) is 5.75 Å². The van der Waals surface area contributed by atoms with Crippen molar-refractivity contribution in [2.75, 3.05) is 0 Å². The summed E-state index contributed by atoms with van der Waals surface area (Å²) in [6.45, 7) is 4.31. The van der Waals surface area contributed by atoms with Crippen LogP contribution in [-0.4, -0.2) is 18.1 Å². The molecule has 2 aromatic carbocycles. The van der Waals surface area contributed by atoms with Crippen LogP contribution in [0.15, 0.2) is 48.5 Å². The fraction of sp³-hybridized carbons (Fsp3) is 0.368. The second-order valence-corrected chi connectivity index (χ2v) is 7.75. The predicted molar refractivity (Wildman–Crippen MR) is 95.9 cm³/mol. The van der Waals surface area contributed by atoms with E-state index in [-0.39, 0.29) is 11.5 Å². The third kappa shape index (κ3) is 5.35. The van der Waals surface area contributed by atoms with Gasteiger partial charge >= 0.3 is 0 Å². The molecule has 0 saturated heterocycles. The molecule has 0 aliphatic rings. The number of hydrogen-bond acceptors (Lipinski definition) is 3. The maximum Gasteiger partial charge on any atom is 0.269 e. The lowest BCUT2D eigenvalue weighted by molar-refractivity contribution is 0.474. The van der Waals surface area contributed by atoms with E-state index in [0.29, 0.717) is 17.4 Å². The molecule has 0 radical (unpaired) electrons. The van der Waals surface area contributed by atoms with E-state index in [1.807, 2.05) is 24.3 Å². The van der Waals surface area contributed by atoms with Gasteiger partial charge in [0.15, 0.2) is 0 Å². The lowest BCUT2D eigenvalue weighted by atomic mass is 9.84. The maximum absolute atomic E-state index is 10.9. The Morgan fingerprint density at radius 1 is 0.958 bits per heavy atom. The molecule has 2 unspecified atom stereocenters. The zero-order chi connectivity index (χ0) is 17.7. The number of phenolic OH excluding ortho intramolecular Hbond substituents is 1. The Balaban J connectivity index is 2.09. The predicted octanol–water partition coefficient (Wildman–Crippen LogP) is 4.47. The van der Waals surface area contributed by atoms with E-state index in [9.17, 15) is 13.5 Å². The highest BCUT2D eigenvalue weighted by molar-refractivity contribution is 7.85. The Bertz CT molecular complexity index is 749. The van der Waals surface area contributed by atoms with Crippen LogP contribution in [0.2, 0.25) is 0 Å². The average molecular weight is 348 g/mol. The van der Waals surface area contributed by atoms with Crippen LogP contribution >= 0.6 is 0 Å². The standard InChI is InChI=1S/C19H24O4S/c1-3-16(12-14(2)17-8-10-19(20)11-9-17)18-6-4-15(5-7-18)13-24(21,22)23/h4-11,14,16,20H,3,12-13H2,1-2H3,(H,21,22,23). The SMILES string of the molecule is CCC(CC(C)c1ccc(O)cc1)c1ccc(CS(=O)(=O)O)cc1. The molecule has 24 heavy (non-hydrogen) atoms. The van der Waals surface area contributed by atoms with Gasteiger partial charge in [-0.25, -0.2) is 0 Å². The first-order valence-corrected chi connectivity index (χ1v) is 9.72. The van der Waals surface area contributed by atoms with Gasteiger partial charge in [0.1, 0.15) is 11.5 Å². The molecule has 2 atom stereocenters. The molecule has 0 spiro atoms. The summed E-state index contributed by atoms with van der Waals surface area (Å²) >= 11 is 0. The van der Waals surface area contributed by atoms with Crippen LogP contribution in [0.4, 0.5) is 0 Å². The number of hydrogen-bond donors (Lipinski definition) is 2. The first-order chi connectivity index (χ1) is 11.3. The van der Waals surface area contributed by atoms with Crippen LogP contribution in [0, 0.1) is 0 Å². The first-order valence-electron chi connectivity index (χ1n) is 8.11. The average Bonchev–Trinajstić information content (AvgIpc) is 2.52. The van der Waals surface area contributed by atoms with E-state index in [0.717, 1.165) is 12.8 Å². The summed E-state index contributed by atoms with van der Waals surface area (Å²) < 4.78 is 30.8. The molecule has 0 aromatic heterocycles. The van der Waals surface area contributed by atoms with Gasteiger partial charge in [-0.1, -0.05) is 50.2 Å². The smallest absolute Gasteiger partial charge is 0.269 e. The molecule has 0 saturated carbocycles. The van der Waals surface area contributed by atoms with Crippen molar-refractivity contribution in [3.8, 4) is 5.75 Å². The van der Waals surface area contributed by atoms with E-state index >= 15 is 0 Å². The highest BCUT2D eigenvalue weighted by Crippen LogP contribution is 2.32. The molecule has 130 valence electrons. The van der Waals surface area contributed by atoms with Crippen molar-refractivity contribution in [1.82, 2.24) is 0 Å².